The molecule has 0 radical (unpaired) electrons. The quantitative estimate of drug-likeness (QED) is 0.869. The van der Waals surface area contributed by atoms with Crippen LogP contribution < -0.4 is 5.73 Å². The minimum Gasteiger partial charge on any atom is -0.378 e. The van der Waals surface area contributed by atoms with Crippen molar-refractivity contribution in [2.75, 3.05) is 13.1 Å². The van der Waals surface area contributed by atoms with E-state index in [-0.39, 0.29) is 12.5 Å². The molecule has 2 aliphatic rings. The van der Waals surface area contributed by atoms with E-state index in [1.165, 1.54) is 0 Å². The molecular weight excluding hydrogens is 280 g/mol. The largest absolute Gasteiger partial charge is 0.378 e. The van der Waals surface area contributed by atoms with Gasteiger partial charge in [0.15, 0.2) is 5.60 Å². The number of amides is 2. The average Bonchev–Trinajstić information content (AvgIpc) is 3.28. The van der Waals surface area contributed by atoms with Gasteiger partial charge in [0.1, 0.15) is 0 Å². The molecule has 3 rings (SSSR count). The topological polar surface area (TPSA) is 83.6 Å². The zero-order valence-corrected chi connectivity index (χ0v) is 12.8. The standard InChI is InChI=1S/C17H22N2O3/c1-12-5-2-3-6-13(12)16(8-9-16)15(21)19-10-4-7-17(22,11-19)14(18)20/h2-3,5-6,22H,4,7-11H2,1H3,(H2,18,20). The van der Waals surface area contributed by atoms with Crippen LogP contribution in [0.1, 0.15) is 36.8 Å². The highest BCUT2D eigenvalue weighted by Crippen LogP contribution is 2.51. The second kappa shape index (κ2) is 5.09. The summed E-state index contributed by atoms with van der Waals surface area (Å²) in [7, 11) is 0. The number of benzene rings is 1. The van der Waals surface area contributed by atoms with Crippen LogP contribution in [-0.2, 0) is 15.0 Å². The summed E-state index contributed by atoms with van der Waals surface area (Å²) in [6.45, 7) is 2.59. The molecule has 3 N–H and O–H groups in total. The first-order valence-corrected chi connectivity index (χ1v) is 7.77. The first kappa shape index (κ1) is 15.0. The first-order valence-electron chi connectivity index (χ1n) is 7.77. The van der Waals surface area contributed by atoms with E-state index in [2.05, 4.69) is 0 Å². The van der Waals surface area contributed by atoms with Crippen LogP contribution in [0.5, 0.6) is 0 Å². The average molecular weight is 302 g/mol. The van der Waals surface area contributed by atoms with E-state index in [0.717, 1.165) is 24.0 Å². The van der Waals surface area contributed by atoms with Crippen molar-refractivity contribution in [2.24, 2.45) is 5.73 Å². The van der Waals surface area contributed by atoms with Gasteiger partial charge in [-0.25, -0.2) is 0 Å². The molecule has 1 saturated carbocycles. The molecule has 1 aromatic rings. The second-order valence-corrected chi connectivity index (χ2v) is 6.62. The zero-order chi connectivity index (χ0) is 16.0. The number of carbonyl (C=O) groups is 2. The molecule has 0 spiro atoms. The Morgan fingerprint density at radius 3 is 2.50 bits per heavy atom. The molecule has 1 aromatic carbocycles. The normalized spacial score (nSPS) is 26.5. The molecular formula is C17H22N2O3. The van der Waals surface area contributed by atoms with Crippen molar-refractivity contribution in [1.82, 2.24) is 4.90 Å². The minimum atomic E-state index is -1.59. The van der Waals surface area contributed by atoms with Crippen molar-refractivity contribution in [1.29, 1.82) is 0 Å². The van der Waals surface area contributed by atoms with E-state index in [4.69, 9.17) is 5.73 Å². The van der Waals surface area contributed by atoms with Crippen LogP contribution in [0.15, 0.2) is 24.3 Å². The van der Waals surface area contributed by atoms with E-state index >= 15 is 0 Å². The van der Waals surface area contributed by atoms with Gasteiger partial charge in [-0.1, -0.05) is 24.3 Å². The number of aliphatic hydroxyl groups is 1. The van der Waals surface area contributed by atoms with Gasteiger partial charge in [-0.15, -0.1) is 0 Å². The number of piperidine rings is 1. The van der Waals surface area contributed by atoms with E-state index < -0.39 is 16.9 Å². The first-order chi connectivity index (χ1) is 10.4. The lowest BCUT2D eigenvalue weighted by molar-refractivity contribution is -0.150. The molecule has 1 unspecified atom stereocenters. The van der Waals surface area contributed by atoms with Gasteiger partial charge in [0.05, 0.1) is 12.0 Å². The van der Waals surface area contributed by atoms with Crippen molar-refractivity contribution in [3.63, 3.8) is 0 Å². The summed E-state index contributed by atoms with van der Waals surface area (Å²) in [5.41, 5.74) is 5.41. The molecule has 2 fully saturated rings. The Morgan fingerprint density at radius 1 is 1.23 bits per heavy atom. The molecule has 1 aliphatic carbocycles. The van der Waals surface area contributed by atoms with Gasteiger partial charge in [0, 0.05) is 6.54 Å². The molecule has 22 heavy (non-hydrogen) atoms. The number of rotatable bonds is 3. The zero-order valence-electron chi connectivity index (χ0n) is 12.8. The Hall–Kier alpha value is -1.88. The number of carbonyl (C=O) groups excluding carboxylic acids is 2. The molecule has 0 bridgehead atoms. The number of primary amides is 1. The third kappa shape index (κ3) is 2.29. The second-order valence-electron chi connectivity index (χ2n) is 6.62. The van der Waals surface area contributed by atoms with Crippen LogP contribution in [0.4, 0.5) is 0 Å². The van der Waals surface area contributed by atoms with Gasteiger partial charge < -0.3 is 15.7 Å². The van der Waals surface area contributed by atoms with Crippen molar-refractivity contribution >= 4 is 11.8 Å². The van der Waals surface area contributed by atoms with Crippen LogP contribution in [-0.4, -0.2) is 40.5 Å². The van der Waals surface area contributed by atoms with E-state index in [9.17, 15) is 14.7 Å². The molecule has 5 nitrogen and oxygen atoms in total. The van der Waals surface area contributed by atoms with Crippen LogP contribution in [0.3, 0.4) is 0 Å². The molecule has 118 valence electrons. The fraction of sp³-hybridized carbons (Fsp3) is 0.529. The predicted octanol–water partition coefficient (Wildman–Crippen LogP) is 0.865. The summed E-state index contributed by atoms with van der Waals surface area (Å²) < 4.78 is 0. The highest BCUT2D eigenvalue weighted by molar-refractivity contribution is 5.93. The van der Waals surface area contributed by atoms with Crippen LogP contribution in [0.25, 0.3) is 0 Å². The number of hydrogen-bond donors (Lipinski definition) is 2. The summed E-state index contributed by atoms with van der Waals surface area (Å²) in [6.07, 6.45) is 2.56. The highest BCUT2D eigenvalue weighted by Gasteiger charge is 2.55. The van der Waals surface area contributed by atoms with E-state index in [1.54, 1.807) is 4.90 Å². The third-order valence-electron chi connectivity index (χ3n) is 5.04. The Morgan fingerprint density at radius 2 is 1.91 bits per heavy atom. The fourth-order valence-corrected chi connectivity index (χ4v) is 3.55. The van der Waals surface area contributed by atoms with E-state index in [0.29, 0.717) is 19.4 Å². The molecule has 1 aliphatic heterocycles. The summed E-state index contributed by atoms with van der Waals surface area (Å²) in [6, 6.07) is 7.93. The monoisotopic (exact) mass is 302 g/mol. The Kier molecular flexibility index (Phi) is 3.48. The molecule has 1 saturated heterocycles. The molecule has 1 heterocycles. The van der Waals surface area contributed by atoms with Crippen molar-refractivity contribution < 1.29 is 14.7 Å². The van der Waals surface area contributed by atoms with Gasteiger partial charge in [-0.3, -0.25) is 9.59 Å². The Balaban J connectivity index is 1.85. The molecule has 1 atom stereocenters. The number of β-amino-alcohol motifs (C(OH)–C–C–N with tert-alkyl or cyclic N) is 1. The van der Waals surface area contributed by atoms with Gasteiger partial charge in [-0.2, -0.15) is 0 Å². The summed E-state index contributed by atoms with van der Waals surface area (Å²) >= 11 is 0. The highest BCUT2D eigenvalue weighted by atomic mass is 16.3. The summed E-state index contributed by atoms with van der Waals surface area (Å²) in [4.78, 5) is 26.1. The number of likely N-dealkylation sites (tertiary alicyclic amines) is 1. The lowest BCUT2D eigenvalue weighted by Crippen LogP contribution is -2.58. The number of aryl methyl sites for hydroxylation is 1. The van der Waals surface area contributed by atoms with Gasteiger partial charge in [0.25, 0.3) is 5.91 Å². The van der Waals surface area contributed by atoms with Gasteiger partial charge in [0.2, 0.25) is 5.91 Å². The Bertz CT molecular complexity index is 624. The lowest BCUT2D eigenvalue weighted by atomic mass is 9.87. The molecule has 2 amide bonds. The van der Waals surface area contributed by atoms with Crippen LogP contribution >= 0.6 is 0 Å². The summed E-state index contributed by atoms with van der Waals surface area (Å²) in [5.74, 6) is -0.730. The maximum Gasteiger partial charge on any atom is 0.251 e. The van der Waals surface area contributed by atoms with Crippen molar-refractivity contribution in [3.8, 4) is 0 Å². The number of hydrogen-bond acceptors (Lipinski definition) is 3. The van der Waals surface area contributed by atoms with Crippen LogP contribution in [0, 0.1) is 6.92 Å². The van der Waals surface area contributed by atoms with Crippen molar-refractivity contribution in [2.45, 2.75) is 43.6 Å². The minimum absolute atomic E-state index is 0.00873. The van der Waals surface area contributed by atoms with E-state index in [1.807, 2.05) is 31.2 Å². The van der Waals surface area contributed by atoms with Gasteiger partial charge in [-0.05, 0) is 43.7 Å². The van der Waals surface area contributed by atoms with Crippen molar-refractivity contribution in [3.05, 3.63) is 35.4 Å². The van der Waals surface area contributed by atoms with Crippen LogP contribution in [0.2, 0.25) is 0 Å². The van der Waals surface area contributed by atoms with Gasteiger partial charge >= 0.3 is 0 Å². The molecule has 0 aromatic heterocycles. The Labute approximate surface area is 130 Å². The third-order valence-corrected chi connectivity index (χ3v) is 5.04. The molecule has 5 heteroatoms. The fourth-order valence-electron chi connectivity index (χ4n) is 3.55. The summed E-state index contributed by atoms with van der Waals surface area (Å²) in [5, 5.41) is 10.3. The number of nitrogens with two attached hydrogens (primary N) is 1. The number of nitrogens with zero attached hydrogens (tertiary/aromatic N) is 1. The lowest BCUT2D eigenvalue weighted by Gasteiger charge is -2.39. The smallest absolute Gasteiger partial charge is 0.251 e. The maximum absolute atomic E-state index is 13.0. The SMILES string of the molecule is Cc1ccccc1C1(C(=O)N2CCCC(O)(C(N)=O)C2)CC1. The maximum atomic E-state index is 13.0. The predicted molar refractivity (Wildman–Crippen MR) is 82.0 cm³/mol.